The van der Waals surface area contributed by atoms with Crippen molar-refractivity contribution in [3.63, 3.8) is 0 Å². The second-order valence-corrected chi connectivity index (χ2v) is 10.1. The van der Waals surface area contributed by atoms with Crippen molar-refractivity contribution in [2.75, 3.05) is 5.32 Å². The van der Waals surface area contributed by atoms with Gasteiger partial charge in [-0.1, -0.05) is 39.5 Å². The van der Waals surface area contributed by atoms with Gasteiger partial charge in [-0.3, -0.25) is 14.6 Å². The second-order valence-electron chi connectivity index (χ2n) is 8.64. The molecule has 1 aliphatic carbocycles. The lowest BCUT2D eigenvalue weighted by Crippen LogP contribution is -2.37. The van der Waals surface area contributed by atoms with Crippen LogP contribution in [0.15, 0.2) is 45.7 Å². The van der Waals surface area contributed by atoms with Gasteiger partial charge in [0.25, 0.3) is 5.56 Å². The number of ketones is 1. The Hall–Kier alpha value is -2.41. The molecule has 2 aromatic rings. The molecule has 4 rings (SSSR count). The predicted molar refractivity (Wildman–Crippen MR) is 115 cm³/mol. The minimum Gasteiger partial charge on any atom is -0.343 e. The Balaban J connectivity index is 1.90. The number of thioether (sulfide) groups is 1. The van der Waals surface area contributed by atoms with Crippen molar-refractivity contribution < 1.29 is 4.79 Å². The molecule has 0 amide bonds. The molecule has 0 fully saturated rings. The van der Waals surface area contributed by atoms with Crippen molar-refractivity contribution in [3.05, 3.63) is 57.3 Å². The standard InChI is InChI=1S/C22H26N4O2S/c1-5-12(2)29-21-25-19-18(20(28)26-21)16(13-6-8-23-9-7-13)17-14(24-19)10-22(3,4)11-15(17)27/h6-9,12,16H,5,10-11H2,1-4H3,(H2,24,25,26,28). The number of hydrogen-bond acceptors (Lipinski definition) is 6. The number of Topliss-reactive ketones (excluding diaryl/α,β-unsaturated/α-hetero) is 1. The van der Waals surface area contributed by atoms with E-state index in [0.29, 0.717) is 33.8 Å². The van der Waals surface area contributed by atoms with Crippen LogP contribution in [0.2, 0.25) is 0 Å². The molecule has 2 aliphatic rings. The zero-order valence-electron chi connectivity index (χ0n) is 17.2. The third-order valence-electron chi connectivity index (χ3n) is 5.63. The van der Waals surface area contributed by atoms with Crippen LogP contribution in [0, 0.1) is 5.41 Å². The Morgan fingerprint density at radius 1 is 1.24 bits per heavy atom. The minimum atomic E-state index is -0.424. The lowest BCUT2D eigenvalue weighted by atomic mass is 9.69. The highest BCUT2D eigenvalue weighted by Gasteiger charge is 2.42. The monoisotopic (exact) mass is 410 g/mol. The van der Waals surface area contributed by atoms with E-state index in [2.05, 4.69) is 43.0 Å². The number of aromatic amines is 1. The molecule has 2 atom stereocenters. The van der Waals surface area contributed by atoms with Crippen molar-refractivity contribution in [2.45, 2.75) is 63.3 Å². The SMILES string of the molecule is CCC(C)Sc1nc2c(c(=O)[nH]1)C(c1ccncc1)C1=C(CC(C)(C)CC1=O)N2. The van der Waals surface area contributed by atoms with E-state index in [-0.39, 0.29) is 16.8 Å². The van der Waals surface area contributed by atoms with E-state index >= 15 is 0 Å². The van der Waals surface area contributed by atoms with Crippen LogP contribution in [0.5, 0.6) is 0 Å². The zero-order chi connectivity index (χ0) is 20.8. The summed E-state index contributed by atoms with van der Waals surface area (Å²) >= 11 is 1.56. The number of H-pyrrole nitrogens is 1. The van der Waals surface area contributed by atoms with E-state index in [1.54, 1.807) is 24.2 Å². The highest BCUT2D eigenvalue weighted by Crippen LogP contribution is 2.47. The van der Waals surface area contributed by atoms with Gasteiger partial charge in [-0.25, -0.2) is 4.98 Å². The van der Waals surface area contributed by atoms with Crippen molar-refractivity contribution >= 4 is 23.4 Å². The molecule has 3 heterocycles. The maximum absolute atomic E-state index is 13.1. The topological polar surface area (TPSA) is 87.7 Å². The molecule has 1 aliphatic heterocycles. The first kappa shape index (κ1) is 19.9. The average Bonchev–Trinajstić information content (AvgIpc) is 2.66. The Bertz CT molecular complexity index is 1040. The fraction of sp³-hybridized carbons (Fsp3) is 0.455. The molecule has 0 saturated heterocycles. The third kappa shape index (κ3) is 3.75. The number of pyridine rings is 1. The lowest BCUT2D eigenvalue weighted by molar-refractivity contribution is -0.118. The van der Waals surface area contributed by atoms with E-state index in [9.17, 15) is 9.59 Å². The second kappa shape index (κ2) is 7.44. The normalized spacial score (nSPS) is 21.2. The molecule has 0 bridgehead atoms. The molecule has 0 aromatic carbocycles. The highest BCUT2D eigenvalue weighted by molar-refractivity contribution is 7.99. The van der Waals surface area contributed by atoms with E-state index in [1.165, 1.54) is 0 Å². The van der Waals surface area contributed by atoms with Crippen LogP contribution in [-0.2, 0) is 4.79 Å². The lowest BCUT2D eigenvalue weighted by Gasteiger charge is -2.38. The molecule has 2 unspecified atom stereocenters. The predicted octanol–water partition coefficient (Wildman–Crippen LogP) is 4.26. The van der Waals surface area contributed by atoms with Gasteiger partial charge in [-0.05, 0) is 36.0 Å². The summed E-state index contributed by atoms with van der Waals surface area (Å²) < 4.78 is 0. The van der Waals surface area contributed by atoms with Crippen LogP contribution >= 0.6 is 11.8 Å². The molecule has 2 aromatic heterocycles. The molecule has 0 saturated carbocycles. The number of carbonyl (C=O) groups is 1. The Labute approximate surface area is 174 Å². The molecule has 29 heavy (non-hydrogen) atoms. The first-order valence-electron chi connectivity index (χ1n) is 10.0. The number of hydrogen-bond donors (Lipinski definition) is 2. The molecule has 152 valence electrons. The third-order valence-corrected chi connectivity index (χ3v) is 6.78. The van der Waals surface area contributed by atoms with Crippen LogP contribution in [0.3, 0.4) is 0 Å². The van der Waals surface area contributed by atoms with Gasteiger partial charge in [-0.15, -0.1) is 0 Å². The van der Waals surface area contributed by atoms with Gasteiger partial charge in [0.15, 0.2) is 10.9 Å². The fourth-order valence-corrected chi connectivity index (χ4v) is 4.96. The molecular formula is C22H26N4O2S. The molecule has 0 spiro atoms. The van der Waals surface area contributed by atoms with Gasteiger partial charge in [-0.2, -0.15) is 0 Å². The van der Waals surface area contributed by atoms with Crippen LogP contribution in [-0.4, -0.2) is 26.0 Å². The van der Waals surface area contributed by atoms with Crippen LogP contribution < -0.4 is 10.9 Å². The van der Waals surface area contributed by atoms with Gasteiger partial charge in [0.2, 0.25) is 0 Å². The number of aromatic nitrogens is 3. The number of fused-ring (bicyclic) bond motifs is 1. The number of nitrogens with one attached hydrogen (secondary N) is 2. The van der Waals surface area contributed by atoms with E-state index in [4.69, 9.17) is 4.98 Å². The summed E-state index contributed by atoms with van der Waals surface area (Å²) in [6, 6.07) is 3.75. The van der Waals surface area contributed by atoms with Crippen molar-refractivity contribution in [2.24, 2.45) is 5.41 Å². The van der Waals surface area contributed by atoms with Gasteiger partial charge in [0.05, 0.1) is 5.56 Å². The number of rotatable bonds is 4. The van der Waals surface area contributed by atoms with Gasteiger partial charge in [0, 0.05) is 41.3 Å². The van der Waals surface area contributed by atoms with Gasteiger partial charge in [0.1, 0.15) is 5.82 Å². The number of nitrogens with zero attached hydrogens (tertiary/aromatic N) is 2. The summed E-state index contributed by atoms with van der Waals surface area (Å²) in [4.78, 5) is 38.1. The summed E-state index contributed by atoms with van der Waals surface area (Å²) in [5, 5.41) is 4.31. The summed E-state index contributed by atoms with van der Waals surface area (Å²) in [5.41, 5.74) is 2.66. The Morgan fingerprint density at radius 2 is 1.97 bits per heavy atom. The van der Waals surface area contributed by atoms with Crippen molar-refractivity contribution in [1.29, 1.82) is 0 Å². The highest BCUT2D eigenvalue weighted by atomic mass is 32.2. The quantitative estimate of drug-likeness (QED) is 0.579. The smallest absolute Gasteiger partial charge is 0.257 e. The molecule has 7 heteroatoms. The first-order chi connectivity index (χ1) is 13.8. The summed E-state index contributed by atoms with van der Waals surface area (Å²) in [6.45, 7) is 8.42. The van der Waals surface area contributed by atoms with E-state index in [1.807, 2.05) is 12.1 Å². The Kier molecular flexibility index (Phi) is 5.11. The number of carbonyl (C=O) groups excluding carboxylic acids is 1. The van der Waals surface area contributed by atoms with Crippen molar-refractivity contribution in [1.82, 2.24) is 15.0 Å². The first-order valence-corrected chi connectivity index (χ1v) is 10.9. The number of anilines is 1. The van der Waals surface area contributed by atoms with Crippen LogP contribution in [0.1, 0.15) is 64.0 Å². The van der Waals surface area contributed by atoms with Gasteiger partial charge < -0.3 is 10.3 Å². The summed E-state index contributed by atoms with van der Waals surface area (Å²) in [5.74, 6) is 0.228. The largest absolute Gasteiger partial charge is 0.343 e. The minimum absolute atomic E-state index is 0.0914. The molecular weight excluding hydrogens is 384 g/mol. The van der Waals surface area contributed by atoms with E-state index in [0.717, 1.165) is 24.1 Å². The molecule has 2 N–H and O–H groups in total. The molecule has 0 radical (unpaired) electrons. The van der Waals surface area contributed by atoms with Gasteiger partial charge >= 0.3 is 0 Å². The summed E-state index contributed by atoms with van der Waals surface area (Å²) in [6.07, 6.45) is 5.60. The molecule has 6 nitrogen and oxygen atoms in total. The Morgan fingerprint density at radius 3 is 2.66 bits per heavy atom. The zero-order valence-corrected chi connectivity index (χ0v) is 18.0. The van der Waals surface area contributed by atoms with Crippen molar-refractivity contribution in [3.8, 4) is 0 Å². The fourth-order valence-electron chi connectivity index (χ4n) is 4.11. The van der Waals surface area contributed by atoms with Crippen LogP contribution in [0.4, 0.5) is 5.82 Å². The van der Waals surface area contributed by atoms with E-state index < -0.39 is 5.92 Å². The summed E-state index contributed by atoms with van der Waals surface area (Å²) in [7, 11) is 0. The van der Waals surface area contributed by atoms with Crippen LogP contribution in [0.25, 0.3) is 0 Å². The maximum atomic E-state index is 13.1. The number of allylic oxidation sites excluding steroid dienone is 2. The maximum Gasteiger partial charge on any atom is 0.257 e. The average molecular weight is 411 g/mol.